The fourth-order valence-electron chi connectivity index (χ4n) is 3.75. The molecule has 2 aliphatic heterocycles. The second kappa shape index (κ2) is 6.80. The normalized spacial score (nSPS) is 19.5. The van der Waals surface area contributed by atoms with Crippen LogP contribution < -0.4 is 10.2 Å². The molecule has 0 aliphatic carbocycles. The van der Waals surface area contributed by atoms with Crippen LogP contribution in [0.25, 0.3) is 5.65 Å². The van der Waals surface area contributed by atoms with Crippen molar-refractivity contribution in [3.63, 3.8) is 0 Å². The van der Waals surface area contributed by atoms with Crippen LogP contribution in [0.1, 0.15) is 40.5 Å². The van der Waals surface area contributed by atoms with Crippen LogP contribution in [-0.2, 0) is 11.2 Å². The molecule has 9 nitrogen and oxygen atoms in total. The minimum Gasteiger partial charge on any atom is -0.447 e. The molecule has 2 bridgehead atoms. The molecule has 5 rings (SSSR count). The van der Waals surface area contributed by atoms with Crippen molar-refractivity contribution in [2.24, 2.45) is 0 Å². The van der Waals surface area contributed by atoms with Crippen LogP contribution in [0.15, 0.2) is 30.7 Å². The lowest BCUT2D eigenvalue weighted by Gasteiger charge is -2.23. The SMILES string of the molecule is O=C1NCCCCc2ncc(F)cc2[C@H]2COC(=O)N2c2ccn3ncc1c3n2. The number of nitrogens with one attached hydrogen (secondary N) is 1. The summed E-state index contributed by atoms with van der Waals surface area (Å²) in [6.45, 7) is 0.556. The van der Waals surface area contributed by atoms with Crippen LogP contribution in [-0.4, -0.2) is 44.7 Å². The molecule has 5 heterocycles. The Hall–Kier alpha value is -3.56. The number of nitrogens with zero attached hydrogens (tertiary/aromatic N) is 5. The van der Waals surface area contributed by atoms with Gasteiger partial charge in [0.25, 0.3) is 5.91 Å². The Bertz CT molecular complexity index is 1130. The number of ether oxygens (including phenoxy) is 1. The largest absolute Gasteiger partial charge is 0.447 e. The standard InChI is InChI=1S/C19H17FN6O3/c20-11-7-12-14(22-8-11)3-1-2-5-21-18(27)13-9-23-25-6-4-16(24-17(13)25)26-15(12)10-29-19(26)28/h4,6-9,15H,1-3,5,10H2,(H,21,27)/t15-/m1/s1. The molecule has 0 aromatic carbocycles. The van der Waals surface area contributed by atoms with E-state index in [1.807, 2.05) is 0 Å². The van der Waals surface area contributed by atoms with Gasteiger partial charge in [0, 0.05) is 24.0 Å². The number of carbonyl (C=O) groups excluding carboxylic acids is 2. The van der Waals surface area contributed by atoms with E-state index in [1.54, 1.807) is 12.3 Å². The molecule has 1 fully saturated rings. The Morgan fingerprint density at radius 2 is 2.14 bits per heavy atom. The highest BCUT2D eigenvalue weighted by Gasteiger charge is 2.38. The number of cyclic esters (lactones) is 1. The molecule has 0 radical (unpaired) electrons. The molecule has 2 aliphatic rings. The highest BCUT2D eigenvalue weighted by atomic mass is 19.1. The summed E-state index contributed by atoms with van der Waals surface area (Å²) < 4.78 is 20.7. The molecule has 3 aromatic heterocycles. The number of amides is 2. The van der Waals surface area contributed by atoms with Gasteiger partial charge < -0.3 is 10.1 Å². The molecule has 1 saturated heterocycles. The monoisotopic (exact) mass is 396 g/mol. The zero-order valence-corrected chi connectivity index (χ0v) is 15.3. The number of hydrogen-bond donors (Lipinski definition) is 1. The quantitative estimate of drug-likeness (QED) is 0.624. The summed E-state index contributed by atoms with van der Waals surface area (Å²) in [6, 6.07) is 2.46. The van der Waals surface area contributed by atoms with Gasteiger partial charge in [-0.3, -0.25) is 14.7 Å². The number of pyridine rings is 1. The Morgan fingerprint density at radius 3 is 3.03 bits per heavy atom. The zero-order chi connectivity index (χ0) is 20.0. The Kier molecular flexibility index (Phi) is 4.11. The molecule has 0 spiro atoms. The Labute approximate surface area is 164 Å². The topological polar surface area (TPSA) is 102 Å². The van der Waals surface area contributed by atoms with Crippen LogP contribution >= 0.6 is 0 Å². The number of fused-ring (bicyclic) bond motifs is 5. The van der Waals surface area contributed by atoms with E-state index in [-0.39, 0.29) is 12.5 Å². The van der Waals surface area contributed by atoms with Crippen molar-refractivity contribution in [1.82, 2.24) is 24.9 Å². The maximum atomic E-state index is 14.0. The lowest BCUT2D eigenvalue weighted by molar-refractivity contribution is 0.0954. The van der Waals surface area contributed by atoms with E-state index < -0.39 is 18.0 Å². The lowest BCUT2D eigenvalue weighted by atomic mass is 10.0. The minimum absolute atomic E-state index is 0.0659. The summed E-state index contributed by atoms with van der Waals surface area (Å²) in [5, 5.41) is 7.01. The molecule has 2 amide bonds. The van der Waals surface area contributed by atoms with E-state index in [0.29, 0.717) is 41.3 Å². The first-order chi connectivity index (χ1) is 14.1. The van der Waals surface area contributed by atoms with Crippen LogP contribution in [0, 0.1) is 5.82 Å². The van der Waals surface area contributed by atoms with Crippen molar-refractivity contribution in [3.05, 3.63) is 53.4 Å². The predicted octanol–water partition coefficient (Wildman–Crippen LogP) is 2.03. The van der Waals surface area contributed by atoms with Crippen molar-refractivity contribution in [2.75, 3.05) is 18.1 Å². The van der Waals surface area contributed by atoms with Gasteiger partial charge in [-0.25, -0.2) is 18.7 Å². The van der Waals surface area contributed by atoms with Gasteiger partial charge in [0.2, 0.25) is 0 Å². The predicted molar refractivity (Wildman–Crippen MR) is 99.0 cm³/mol. The molecule has 1 N–H and O–H groups in total. The summed E-state index contributed by atoms with van der Waals surface area (Å²) in [6.07, 6.45) is 5.73. The number of aryl methyl sites for hydroxylation is 1. The summed E-state index contributed by atoms with van der Waals surface area (Å²) >= 11 is 0. The maximum absolute atomic E-state index is 14.0. The van der Waals surface area contributed by atoms with Crippen LogP contribution in [0.5, 0.6) is 0 Å². The van der Waals surface area contributed by atoms with Crippen molar-refractivity contribution < 1.29 is 18.7 Å². The van der Waals surface area contributed by atoms with Gasteiger partial charge in [0.15, 0.2) is 5.65 Å². The average Bonchev–Trinajstić information content (AvgIpc) is 3.31. The van der Waals surface area contributed by atoms with Crippen LogP contribution in [0.2, 0.25) is 0 Å². The second-order valence-electron chi connectivity index (χ2n) is 6.98. The molecule has 3 aromatic rings. The number of carbonyl (C=O) groups is 2. The van der Waals surface area contributed by atoms with E-state index >= 15 is 0 Å². The highest BCUT2D eigenvalue weighted by molar-refractivity contribution is 6.00. The second-order valence-corrected chi connectivity index (χ2v) is 6.98. The van der Waals surface area contributed by atoms with Gasteiger partial charge in [0.05, 0.1) is 12.4 Å². The first-order valence-electron chi connectivity index (χ1n) is 9.35. The summed E-state index contributed by atoms with van der Waals surface area (Å²) in [5.41, 5.74) is 1.95. The van der Waals surface area contributed by atoms with E-state index in [9.17, 15) is 14.0 Å². The smallest absolute Gasteiger partial charge is 0.416 e. The minimum atomic E-state index is -0.584. The first kappa shape index (κ1) is 17.5. The highest BCUT2D eigenvalue weighted by Crippen LogP contribution is 2.34. The summed E-state index contributed by atoms with van der Waals surface area (Å²) in [4.78, 5) is 35.2. The number of anilines is 1. The van der Waals surface area contributed by atoms with E-state index in [2.05, 4.69) is 20.4 Å². The number of halogens is 1. The van der Waals surface area contributed by atoms with Gasteiger partial charge in [-0.05, 0) is 31.4 Å². The fraction of sp³-hybridized carbons (Fsp3) is 0.316. The lowest BCUT2D eigenvalue weighted by Crippen LogP contribution is -2.30. The molecular weight excluding hydrogens is 379 g/mol. The van der Waals surface area contributed by atoms with Gasteiger partial charge >= 0.3 is 6.09 Å². The number of aromatic nitrogens is 4. The van der Waals surface area contributed by atoms with E-state index in [0.717, 1.165) is 12.8 Å². The van der Waals surface area contributed by atoms with Crippen molar-refractivity contribution >= 4 is 23.5 Å². The zero-order valence-electron chi connectivity index (χ0n) is 15.3. The molecule has 0 saturated carbocycles. The van der Waals surface area contributed by atoms with E-state index in [4.69, 9.17) is 4.74 Å². The van der Waals surface area contributed by atoms with Crippen molar-refractivity contribution in [1.29, 1.82) is 0 Å². The Morgan fingerprint density at radius 1 is 1.24 bits per heavy atom. The number of hydrogen-bond acceptors (Lipinski definition) is 6. The van der Waals surface area contributed by atoms with Gasteiger partial charge in [-0.2, -0.15) is 5.10 Å². The van der Waals surface area contributed by atoms with E-state index in [1.165, 1.54) is 27.9 Å². The summed E-state index contributed by atoms with van der Waals surface area (Å²) in [7, 11) is 0. The average molecular weight is 396 g/mol. The molecule has 148 valence electrons. The number of rotatable bonds is 0. The maximum Gasteiger partial charge on any atom is 0.416 e. The Balaban J connectivity index is 1.69. The van der Waals surface area contributed by atoms with Crippen molar-refractivity contribution in [2.45, 2.75) is 25.3 Å². The third-order valence-electron chi connectivity index (χ3n) is 5.17. The van der Waals surface area contributed by atoms with Gasteiger partial charge in [-0.15, -0.1) is 0 Å². The molecule has 1 atom stereocenters. The third kappa shape index (κ3) is 2.96. The first-order valence-corrected chi connectivity index (χ1v) is 9.35. The van der Waals surface area contributed by atoms with Crippen molar-refractivity contribution in [3.8, 4) is 0 Å². The van der Waals surface area contributed by atoms with Crippen LogP contribution in [0.4, 0.5) is 15.0 Å². The van der Waals surface area contributed by atoms with Crippen LogP contribution in [0.3, 0.4) is 0 Å². The molecule has 0 unspecified atom stereocenters. The van der Waals surface area contributed by atoms with Gasteiger partial charge in [-0.1, -0.05) is 0 Å². The fourth-order valence-corrected chi connectivity index (χ4v) is 3.75. The third-order valence-corrected chi connectivity index (χ3v) is 5.17. The molecule has 10 heteroatoms. The molecule has 29 heavy (non-hydrogen) atoms. The molecular formula is C19H17FN6O3. The summed E-state index contributed by atoms with van der Waals surface area (Å²) in [5.74, 6) is -0.451. The van der Waals surface area contributed by atoms with Gasteiger partial charge in [0.1, 0.15) is 29.8 Å².